The van der Waals surface area contributed by atoms with Gasteiger partial charge < -0.3 is 11.1 Å². The first-order valence-corrected chi connectivity index (χ1v) is 7.44. The zero-order valence-corrected chi connectivity index (χ0v) is 12.7. The molecule has 6 nitrogen and oxygen atoms in total. The molecule has 1 aromatic rings. The molecule has 0 aliphatic carbocycles. The van der Waals surface area contributed by atoms with Crippen molar-refractivity contribution in [3.05, 3.63) is 20.8 Å². The minimum Gasteiger partial charge on any atom is -0.383 e. The highest BCUT2D eigenvalue weighted by Gasteiger charge is 2.15. The zero-order valence-electron chi connectivity index (χ0n) is 12.7. The zero-order chi connectivity index (χ0) is 15.1. The van der Waals surface area contributed by atoms with Crippen molar-refractivity contribution >= 4 is 11.5 Å². The van der Waals surface area contributed by atoms with Gasteiger partial charge in [-0.15, -0.1) is 0 Å². The van der Waals surface area contributed by atoms with E-state index in [4.69, 9.17) is 5.73 Å². The Morgan fingerprint density at radius 3 is 2.45 bits per heavy atom. The number of anilines is 2. The van der Waals surface area contributed by atoms with Gasteiger partial charge in [-0.25, -0.2) is 4.79 Å². The van der Waals surface area contributed by atoms with Crippen molar-refractivity contribution in [3.8, 4) is 0 Å². The lowest BCUT2D eigenvalue weighted by Crippen LogP contribution is -2.35. The van der Waals surface area contributed by atoms with Crippen LogP contribution >= 0.6 is 0 Å². The molecule has 0 saturated carbocycles. The Morgan fingerprint density at radius 2 is 1.90 bits per heavy atom. The number of nitrogens with two attached hydrogens (primary N) is 1. The Kier molecular flexibility index (Phi) is 6.35. The number of rotatable bonds is 8. The van der Waals surface area contributed by atoms with Crippen LogP contribution in [0.4, 0.5) is 11.5 Å². The molecule has 1 atom stereocenters. The Morgan fingerprint density at radius 1 is 1.20 bits per heavy atom. The van der Waals surface area contributed by atoms with Crippen LogP contribution in [0.3, 0.4) is 0 Å². The summed E-state index contributed by atoms with van der Waals surface area (Å²) in [5, 5.41) is 3.22. The number of nitrogens with zero attached hydrogens (tertiary/aromatic N) is 1. The highest BCUT2D eigenvalue weighted by Crippen LogP contribution is 2.16. The van der Waals surface area contributed by atoms with Crippen molar-refractivity contribution < 1.29 is 0 Å². The van der Waals surface area contributed by atoms with E-state index in [1.54, 1.807) is 0 Å². The summed E-state index contributed by atoms with van der Waals surface area (Å²) in [4.78, 5) is 25.9. The second kappa shape index (κ2) is 7.77. The molecule has 20 heavy (non-hydrogen) atoms. The van der Waals surface area contributed by atoms with E-state index in [0.29, 0.717) is 12.2 Å². The van der Waals surface area contributed by atoms with E-state index in [-0.39, 0.29) is 11.9 Å². The summed E-state index contributed by atoms with van der Waals surface area (Å²) in [6.07, 6.45) is 5.22. The third-order valence-corrected chi connectivity index (χ3v) is 3.45. The van der Waals surface area contributed by atoms with E-state index >= 15 is 0 Å². The van der Waals surface area contributed by atoms with Gasteiger partial charge in [0.15, 0.2) is 0 Å². The molecule has 1 unspecified atom stereocenters. The average molecular weight is 282 g/mol. The van der Waals surface area contributed by atoms with Crippen molar-refractivity contribution in [2.24, 2.45) is 0 Å². The monoisotopic (exact) mass is 282 g/mol. The molecule has 4 N–H and O–H groups in total. The van der Waals surface area contributed by atoms with E-state index < -0.39 is 11.2 Å². The number of nitrogens with one attached hydrogen (secondary N) is 2. The van der Waals surface area contributed by atoms with Gasteiger partial charge in [0, 0.05) is 12.6 Å². The molecule has 0 amide bonds. The molecule has 0 fully saturated rings. The van der Waals surface area contributed by atoms with E-state index in [2.05, 4.69) is 24.1 Å². The number of aromatic nitrogens is 2. The molecule has 1 aromatic heterocycles. The smallest absolute Gasteiger partial charge is 0.330 e. The van der Waals surface area contributed by atoms with Gasteiger partial charge in [-0.3, -0.25) is 14.3 Å². The van der Waals surface area contributed by atoms with Crippen molar-refractivity contribution in [2.45, 2.75) is 65.5 Å². The Bertz CT molecular complexity index is 533. The Labute approximate surface area is 119 Å². The number of hydrogen-bond acceptors (Lipinski definition) is 4. The van der Waals surface area contributed by atoms with Crippen LogP contribution in [0, 0.1) is 0 Å². The molecule has 0 bridgehead atoms. The van der Waals surface area contributed by atoms with Crippen LogP contribution in [0.1, 0.15) is 52.9 Å². The maximum atomic E-state index is 11.9. The van der Waals surface area contributed by atoms with Crippen LogP contribution in [-0.4, -0.2) is 15.6 Å². The standard InChI is InChI=1S/C14H26N4O2/c1-4-7-9-10(8-5-2)16-11-12(15)18(6-3)14(20)17-13(11)19/h10,16H,4-9,15H2,1-3H3,(H,17,19,20). The summed E-state index contributed by atoms with van der Waals surface area (Å²) >= 11 is 0. The lowest BCUT2D eigenvalue weighted by atomic mass is 10.0. The summed E-state index contributed by atoms with van der Waals surface area (Å²) in [5.74, 6) is 0.221. The van der Waals surface area contributed by atoms with E-state index in [9.17, 15) is 9.59 Å². The molecule has 114 valence electrons. The SMILES string of the molecule is CCCCC(CCC)Nc1c(N)n(CC)c(=O)[nH]c1=O. The van der Waals surface area contributed by atoms with Crippen molar-refractivity contribution in [2.75, 3.05) is 11.1 Å². The van der Waals surface area contributed by atoms with Crippen LogP contribution in [0.15, 0.2) is 9.59 Å². The highest BCUT2D eigenvalue weighted by molar-refractivity contribution is 5.60. The highest BCUT2D eigenvalue weighted by atomic mass is 16.2. The normalized spacial score (nSPS) is 12.3. The molecule has 0 spiro atoms. The second-order valence-electron chi connectivity index (χ2n) is 5.04. The fourth-order valence-electron chi connectivity index (χ4n) is 2.33. The molecule has 6 heteroatoms. The molecule has 0 saturated heterocycles. The van der Waals surface area contributed by atoms with Gasteiger partial charge in [0.05, 0.1) is 0 Å². The predicted octanol–water partition coefficient (Wildman–Crippen LogP) is 1.91. The van der Waals surface area contributed by atoms with Crippen LogP contribution in [0.5, 0.6) is 0 Å². The van der Waals surface area contributed by atoms with Crippen molar-refractivity contribution in [1.29, 1.82) is 0 Å². The van der Waals surface area contributed by atoms with Crippen LogP contribution < -0.4 is 22.3 Å². The van der Waals surface area contributed by atoms with Crippen molar-refractivity contribution in [1.82, 2.24) is 9.55 Å². The summed E-state index contributed by atoms with van der Waals surface area (Å²) in [7, 11) is 0. The van der Waals surface area contributed by atoms with Gasteiger partial charge in [-0.05, 0) is 19.8 Å². The molecular formula is C14H26N4O2. The molecule has 1 heterocycles. The molecule has 1 rings (SSSR count). The molecule has 0 aliphatic rings. The average Bonchev–Trinajstić information content (AvgIpc) is 2.40. The number of H-pyrrole nitrogens is 1. The summed E-state index contributed by atoms with van der Waals surface area (Å²) < 4.78 is 1.37. The van der Waals surface area contributed by atoms with Gasteiger partial charge in [0.25, 0.3) is 5.56 Å². The van der Waals surface area contributed by atoms with Gasteiger partial charge in [0.1, 0.15) is 11.5 Å². The first kappa shape index (κ1) is 16.3. The predicted molar refractivity (Wildman–Crippen MR) is 83.3 cm³/mol. The van der Waals surface area contributed by atoms with Gasteiger partial charge in [-0.1, -0.05) is 33.1 Å². The van der Waals surface area contributed by atoms with Gasteiger partial charge >= 0.3 is 5.69 Å². The molecule has 0 aromatic carbocycles. The molecule has 0 aliphatic heterocycles. The minimum absolute atomic E-state index is 0.214. The lowest BCUT2D eigenvalue weighted by Gasteiger charge is -2.20. The second-order valence-corrected chi connectivity index (χ2v) is 5.04. The van der Waals surface area contributed by atoms with Crippen LogP contribution in [0.25, 0.3) is 0 Å². The third-order valence-electron chi connectivity index (χ3n) is 3.45. The quantitative estimate of drug-likeness (QED) is 0.679. The number of aromatic amines is 1. The largest absolute Gasteiger partial charge is 0.383 e. The first-order valence-electron chi connectivity index (χ1n) is 7.44. The third kappa shape index (κ3) is 3.88. The Hall–Kier alpha value is -1.72. The Balaban J connectivity index is 3.05. The van der Waals surface area contributed by atoms with Gasteiger partial charge in [0.2, 0.25) is 0 Å². The van der Waals surface area contributed by atoms with Crippen LogP contribution in [-0.2, 0) is 6.54 Å². The number of unbranched alkanes of at least 4 members (excludes halogenated alkanes) is 1. The fourth-order valence-corrected chi connectivity index (χ4v) is 2.33. The van der Waals surface area contributed by atoms with E-state index in [0.717, 1.165) is 32.1 Å². The summed E-state index contributed by atoms with van der Waals surface area (Å²) in [5.41, 5.74) is 5.38. The fraction of sp³-hybridized carbons (Fsp3) is 0.714. The minimum atomic E-state index is -0.457. The lowest BCUT2D eigenvalue weighted by molar-refractivity contribution is 0.562. The maximum Gasteiger partial charge on any atom is 0.330 e. The van der Waals surface area contributed by atoms with Gasteiger partial charge in [-0.2, -0.15) is 0 Å². The molecular weight excluding hydrogens is 256 g/mol. The first-order chi connectivity index (χ1) is 9.54. The van der Waals surface area contributed by atoms with Crippen LogP contribution in [0.2, 0.25) is 0 Å². The van der Waals surface area contributed by atoms with E-state index in [1.807, 2.05) is 6.92 Å². The van der Waals surface area contributed by atoms with Crippen molar-refractivity contribution in [3.63, 3.8) is 0 Å². The number of hydrogen-bond donors (Lipinski definition) is 3. The topological polar surface area (TPSA) is 92.9 Å². The number of nitrogen functional groups attached to an aromatic ring is 1. The van der Waals surface area contributed by atoms with E-state index in [1.165, 1.54) is 4.57 Å². The molecule has 0 radical (unpaired) electrons. The summed E-state index contributed by atoms with van der Waals surface area (Å²) in [6.45, 7) is 6.51. The summed E-state index contributed by atoms with van der Waals surface area (Å²) in [6, 6.07) is 0.214. The maximum absolute atomic E-state index is 11.9.